The van der Waals surface area contributed by atoms with E-state index >= 15 is 0 Å². The quantitative estimate of drug-likeness (QED) is 0.793. The first kappa shape index (κ1) is 9.68. The standard InChI is InChI=1S/C10H15NO3/c1-7(12)9-6-14-10(11-9)4-8-2-3-13-5-8/h6-8,12H,2-5H2,1H3. The fourth-order valence-electron chi connectivity index (χ4n) is 1.60. The van der Waals surface area contributed by atoms with Crippen molar-refractivity contribution in [2.24, 2.45) is 5.92 Å². The van der Waals surface area contributed by atoms with Crippen LogP contribution in [0.3, 0.4) is 0 Å². The van der Waals surface area contributed by atoms with E-state index < -0.39 is 6.10 Å². The first-order chi connectivity index (χ1) is 6.75. The molecule has 1 N–H and O–H groups in total. The topological polar surface area (TPSA) is 55.5 Å². The summed E-state index contributed by atoms with van der Waals surface area (Å²) in [6, 6.07) is 0. The molecule has 0 aromatic carbocycles. The van der Waals surface area contributed by atoms with Crippen LogP contribution < -0.4 is 0 Å². The molecule has 4 heteroatoms. The number of oxazole rings is 1. The Kier molecular flexibility index (Phi) is 2.84. The smallest absolute Gasteiger partial charge is 0.194 e. The van der Waals surface area contributed by atoms with E-state index in [1.165, 1.54) is 6.26 Å². The second kappa shape index (κ2) is 4.11. The summed E-state index contributed by atoms with van der Waals surface area (Å²) in [4.78, 5) is 4.20. The van der Waals surface area contributed by atoms with Gasteiger partial charge in [0.1, 0.15) is 12.0 Å². The molecule has 2 heterocycles. The molecule has 0 spiro atoms. The zero-order chi connectivity index (χ0) is 9.97. The SMILES string of the molecule is CC(O)c1coc(CC2CCOC2)n1. The number of rotatable bonds is 3. The van der Waals surface area contributed by atoms with E-state index in [0.717, 1.165) is 26.1 Å². The van der Waals surface area contributed by atoms with Gasteiger partial charge in [0.25, 0.3) is 0 Å². The number of aliphatic hydroxyl groups excluding tert-OH is 1. The van der Waals surface area contributed by atoms with E-state index in [2.05, 4.69) is 4.98 Å². The van der Waals surface area contributed by atoms with E-state index in [1.54, 1.807) is 6.92 Å². The normalized spacial score (nSPS) is 24.0. The molecule has 2 atom stereocenters. The van der Waals surface area contributed by atoms with Crippen LogP contribution >= 0.6 is 0 Å². The van der Waals surface area contributed by atoms with Crippen LogP contribution in [0.2, 0.25) is 0 Å². The predicted molar refractivity (Wildman–Crippen MR) is 49.8 cm³/mol. The summed E-state index contributed by atoms with van der Waals surface area (Å²) in [5.74, 6) is 1.23. The molecule has 1 aromatic heterocycles. The maximum atomic E-state index is 9.25. The molecule has 1 fully saturated rings. The van der Waals surface area contributed by atoms with Gasteiger partial charge in [-0.25, -0.2) is 4.98 Å². The van der Waals surface area contributed by atoms with Gasteiger partial charge in [0.15, 0.2) is 5.89 Å². The van der Waals surface area contributed by atoms with Crippen LogP contribution in [0.4, 0.5) is 0 Å². The molecule has 2 rings (SSSR count). The molecule has 0 aliphatic carbocycles. The van der Waals surface area contributed by atoms with Crippen LogP contribution in [0.25, 0.3) is 0 Å². The third kappa shape index (κ3) is 2.13. The monoisotopic (exact) mass is 197 g/mol. The minimum atomic E-state index is -0.549. The molecule has 2 unspecified atom stereocenters. The highest BCUT2D eigenvalue weighted by molar-refractivity contribution is 5.00. The van der Waals surface area contributed by atoms with E-state index in [-0.39, 0.29) is 0 Å². The van der Waals surface area contributed by atoms with Crippen molar-refractivity contribution in [3.8, 4) is 0 Å². The van der Waals surface area contributed by atoms with Gasteiger partial charge in [-0.3, -0.25) is 0 Å². The lowest BCUT2D eigenvalue weighted by atomic mass is 10.1. The summed E-state index contributed by atoms with van der Waals surface area (Å²) in [7, 11) is 0. The highest BCUT2D eigenvalue weighted by Crippen LogP contribution is 2.19. The lowest BCUT2D eigenvalue weighted by Gasteiger charge is -2.02. The van der Waals surface area contributed by atoms with Gasteiger partial charge in [-0.05, 0) is 19.3 Å². The van der Waals surface area contributed by atoms with Crippen LogP contribution in [-0.2, 0) is 11.2 Å². The highest BCUT2D eigenvalue weighted by atomic mass is 16.5. The molecule has 0 bridgehead atoms. The Morgan fingerprint density at radius 2 is 2.57 bits per heavy atom. The second-order valence-corrected chi connectivity index (χ2v) is 3.78. The summed E-state index contributed by atoms with van der Waals surface area (Å²) in [5.41, 5.74) is 0.610. The van der Waals surface area contributed by atoms with Crippen molar-refractivity contribution in [1.82, 2.24) is 4.98 Å². The number of ether oxygens (including phenoxy) is 1. The molecule has 0 saturated carbocycles. The first-order valence-electron chi connectivity index (χ1n) is 4.96. The number of hydrogen-bond donors (Lipinski definition) is 1. The van der Waals surface area contributed by atoms with Crippen LogP contribution in [-0.4, -0.2) is 23.3 Å². The van der Waals surface area contributed by atoms with Crippen molar-refractivity contribution in [1.29, 1.82) is 0 Å². The molecule has 1 saturated heterocycles. The second-order valence-electron chi connectivity index (χ2n) is 3.78. The number of hydrogen-bond acceptors (Lipinski definition) is 4. The van der Waals surface area contributed by atoms with Crippen molar-refractivity contribution in [3.63, 3.8) is 0 Å². The lowest BCUT2D eigenvalue weighted by Crippen LogP contribution is -2.04. The molecule has 1 aromatic rings. The molecule has 1 aliphatic heterocycles. The average molecular weight is 197 g/mol. The van der Waals surface area contributed by atoms with Crippen molar-refractivity contribution in [2.75, 3.05) is 13.2 Å². The zero-order valence-electron chi connectivity index (χ0n) is 8.27. The largest absolute Gasteiger partial charge is 0.449 e. The Hall–Kier alpha value is -0.870. The molecule has 0 amide bonds. The van der Waals surface area contributed by atoms with Crippen LogP contribution in [0.15, 0.2) is 10.7 Å². The number of aliphatic hydroxyl groups is 1. The Bertz CT molecular complexity index is 289. The molecular weight excluding hydrogens is 182 g/mol. The maximum Gasteiger partial charge on any atom is 0.194 e. The summed E-state index contributed by atoms with van der Waals surface area (Å²) in [5, 5.41) is 9.25. The van der Waals surface area contributed by atoms with Gasteiger partial charge in [0.2, 0.25) is 0 Å². The number of nitrogens with zero attached hydrogens (tertiary/aromatic N) is 1. The molecule has 78 valence electrons. The van der Waals surface area contributed by atoms with E-state index in [4.69, 9.17) is 9.15 Å². The van der Waals surface area contributed by atoms with E-state index in [9.17, 15) is 5.11 Å². The van der Waals surface area contributed by atoms with Gasteiger partial charge in [-0.1, -0.05) is 0 Å². The number of aromatic nitrogens is 1. The van der Waals surface area contributed by atoms with Gasteiger partial charge in [0.05, 0.1) is 6.10 Å². The first-order valence-corrected chi connectivity index (χ1v) is 4.96. The van der Waals surface area contributed by atoms with Crippen molar-refractivity contribution in [3.05, 3.63) is 17.8 Å². The molecule has 1 aliphatic rings. The van der Waals surface area contributed by atoms with Crippen LogP contribution in [0.5, 0.6) is 0 Å². The Morgan fingerprint density at radius 1 is 1.71 bits per heavy atom. The molecular formula is C10H15NO3. The Morgan fingerprint density at radius 3 is 3.14 bits per heavy atom. The fourth-order valence-corrected chi connectivity index (χ4v) is 1.60. The van der Waals surface area contributed by atoms with E-state index in [1.807, 2.05) is 0 Å². The highest BCUT2D eigenvalue weighted by Gasteiger charge is 2.19. The van der Waals surface area contributed by atoms with Crippen molar-refractivity contribution < 1.29 is 14.3 Å². The minimum Gasteiger partial charge on any atom is -0.449 e. The lowest BCUT2D eigenvalue weighted by molar-refractivity contribution is 0.184. The van der Waals surface area contributed by atoms with Gasteiger partial charge >= 0.3 is 0 Å². The summed E-state index contributed by atoms with van der Waals surface area (Å²) >= 11 is 0. The fraction of sp³-hybridized carbons (Fsp3) is 0.700. The van der Waals surface area contributed by atoms with Gasteiger partial charge < -0.3 is 14.3 Å². The maximum absolute atomic E-state index is 9.25. The Labute approximate surface area is 82.9 Å². The summed E-state index contributed by atoms with van der Waals surface area (Å²) in [6.07, 6.45) is 2.86. The third-order valence-electron chi connectivity index (χ3n) is 2.48. The van der Waals surface area contributed by atoms with Gasteiger partial charge in [0, 0.05) is 19.6 Å². The third-order valence-corrected chi connectivity index (χ3v) is 2.48. The summed E-state index contributed by atoms with van der Waals surface area (Å²) < 4.78 is 10.5. The predicted octanol–water partition coefficient (Wildman–Crippen LogP) is 1.31. The van der Waals surface area contributed by atoms with Gasteiger partial charge in [-0.2, -0.15) is 0 Å². The molecule has 0 radical (unpaired) electrons. The Balaban J connectivity index is 1.95. The van der Waals surface area contributed by atoms with Crippen LogP contribution in [0, 0.1) is 5.92 Å². The van der Waals surface area contributed by atoms with E-state index in [0.29, 0.717) is 17.5 Å². The summed E-state index contributed by atoms with van der Waals surface area (Å²) in [6.45, 7) is 3.32. The molecule has 14 heavy (non-hydrogen) atoms. The zero-order valence-corrected chi connectivity index (χ0v) is 8.27. The minimum absolute atomic E-state index is 0.524. The van der Waals surface area contributed by atoms with Crippen LogP contribution in [0.1, 0.15) is 31.0 Å². The molecule has 4 nitrogen and oxygen atoms in total. The van der Waals surface area contributed by atoms with Crippen molar-refractivity contribution >= 4 is 0 Å². The average Bonchev–Trinajstić information content (AvgIpc) is 2.75. The van der Waals surface area contributed by atoms with Crippen molar-refractivity contribution in [2.45, 2.75) is 25.9 Å². The van der Waals surface area contributed by atoms with Gasteiger partial charge in [-0.15, -0.1) is 0 Å².